The summed E-state index contributed by atoms with van der Waals surface area (Å²) in [6.07, 6.45) is 2.97. The summed E-state index contributed by atoms with van der Waals surface area (Å²) in [5, 5.41) is 12.8. The second-order valence-corrected chi connectivity index (χ2v) is 5.34. The number of amides is 1. The van der Waals surface area contributed by atoms with Gasteiger partial charge in [-0.1, -0.05) is 0 Å². The Hall–Kier alpha value is -1.33. The van der Waals surface area contributed by atoms with Gasteiger partial charge in [0.2, 0.25) is 5.91 Å². The molecule has 1 aliphatic rings. The molecule has 1 atom stereocenters. The standard InChI is InChI=1S/C15H24N2O3/c1-11-10-12-13(4-3-5-14(12)18)17(11)8-6-15(19)16-7-9-20-2/h10,14,18H,3-9H2,1-2H3,(H,16,19). The van der Waals surface area contributed by atoms with E-state index in [-0.39, 0.29) is 12.0 Å². The predicted molar refractivity (Wildman–Crippen MR) is 76.6 cm³/mol. The van der Waals surface area contributed by atoms with Crippen LogP contribution in [0.25, 0.3) is 0 Å². The van der Waals surface area contributed by atoms with Gasteiger partial charge in [-0.25, -0.2) is 0 Å². The van der Waals surface area contributed by atoms with Crippen LogP contribution in [0.15, 0.2) is 6.07 Å². The lowest BCUT2D eigenvalue weighted by Gasteiger charge is -2.20. The highest BCUT2D eigenvalue weighted by Crippen LogP contribution is 2.32. The van der Waals surface area contributed by atoms with Gasteiger partial charge in [-0.2, -0.15) is 0 Å². The third-order valence-corrected chi connectivity index (χ3v) is 3.89. The van der Waals surface area contributed by atoms with Crippen molar-refractivity contribution < 1.29 is 14.6 Å². The smallest absolute Gasteiger partial charge is 0.221 e. The topological polar surface area (TPSA) is 63.5 Å². The van der Waals surface area contributed by atoms with E-state index < -0.39 is 0 Å². The predicted octanol–water partition coefficient (Wildman–Crippen LogP) is 1.32. The van der Waals surface area contributed by atoms with Crippen LogP contribution in [0, 0.1) is 6.92 Å². The molecule has 1 aromatic heterocycles. The molecule has 0 aromatic carbocycles. The molecular formula is C15H24N2O3. The number of carbonyl (C=O) groups excluding carboxylic acids is 1. The number of carbonyl (C=O) groups is 1. The van der Waals surface area contributed by atoms with Crippen LogP contribution in [0.1, 0.15) is 42.3 Å². The van der Waals surface area contributed by atoms with Crippen LogP contribution in [-0.2, 0) is 22.5 Å². The first kappa shape index (κ1) is 15.1. The maximum absolute atomic E-state index is 11.7. The summed E-state index contributed by atoms with van der Waals surface area (Å²) < 4.78 is 7.07. The Kier molecular flexibility index (Phi) is 5.20. The van der Waals surface area contributed by atoms with Crippen LogP contribution in [0.4, 0.5) is 0 Å². The number of fused-ring (bicyclic) bond motifs is 1. The molecule has 20 heavy (non-hydrogen) atoms. The van der Waals surface area contributed by atoms with Crippen molar-refractivity contribution in [3.8, 4) is 0 Å². The maximum Gasteiger partial charge on any atom is 0.221 e. The number of aromatic nitrogens is 1. The number of methoxy groups -OCH3 is 1. The largest absolute Gasteiger partial charge is 0.388 e. The van der Waals surface area contributed by atoms with Crippen LogP contribution in [0.5, 0.6) is 0 Å². The van der Waals surface area contributed by atoms with Crippen LogP contribution < -0.4 is 5.32 Å². The number of hydrogen-bond acceptors (Lipinski definition) is 3. The normalized spacial score (nSPS) is 17.9. The molecule has 0 saturated carbocycles. The molecule has 1 aromatic rings. The molecule has 0 bridgehead atoms. The van der Waals surface area contributed by atoms with Crippen molar-refractivity contribution >= 4 is 5.91 Å². The quantitative estimate of drug-likeness (QED) is 0.773. The Morgan fingerprint density at radius 3 is 3.15 bits per heavy atom. The lowest BCUT2D eigenvalue weighted by atomic mass is 9.95. The zero-order chi connectivity index (χ0) is 14.5. The van der Waals surface area contributed by atoms with E-state index in [9.17, 15) is 9.90 Å². The zero-order valence-corrected chi connectivity index (χ0v) is 12.3. The molecule has 5 nitrogen and oxygen atoms in total. The molecular weight excluding hydrogens is 256 g/mol. The van der Waals surface area contributed by atoms with E-state index in [1.807, 2.05) is 6.92 Å². The van der Waals surface area contributed by atoms with Crippen LogP contribution >= 0.6 is 0 Å². The van der Waals surface area contributed by atoms with E-state index in [4.69, 9.17) is 4.74 Å². The minimum Gasteiger partial charge on any atom is -0.388 e. The van der Waals surface area contributed by atoms with Crippen molar-refractivity contribution in [2.45, 2.75) is 45.3 Å². The second-order valence-electron chi connectivity index (χ2n) is 5.34. The first-order valence-corrected chi connectivity index (χ1v) is 7.26. The lowest BCUT2D eigenvalue weighted by Crippen LogP contribution is -2.28. The third kappa shape index (κ3) is 3.41. The highest BCUT2D eigenvalue weighted by Gasteiger charge is 2.23. The van der Waals surface area contributed by atoms with Crippen molar-refractivity contribution in [2.75, 3.05) is 20.3 Å². The molecule has 1 heterocycles. The van der Waals surface area contributed by atoms with Gasteiger partial charge in [0, 0.05) is 43.6 Å². The molecule has 0 spiro atoms. The Bertz CT molecular complexity index is 468. The Balaban J connectivity index is 1.95. The molecule has 0 aliphatic heterocycles. The van der Waals surface area contributed by atoms with Gasteiger partial charge < -0.3 is 19.7 Å². The van der Waals surface area contributed by atoms with E-state index in [2.05, 4.69) is 16.0 Å². The highest BCUT2D eigenvalue weighted by molar-refractivity contribution is 5.75. The highest BCUT2D eigenvalue weighted by atomic mass is 16.5. The first-order chi connectivity index (χ1) is 9.63. The number of aliphatic hydroxyl groups excluding tert-OH is 1. The number of nitrogens with zero attached hydrogens (tertiary/aromatic N) is 1. The zero-order valence-electron chi connectivity index (χ0n) is 12.3. The van der Waals surface area contributed by atoms with Gasteiger partial charge in [0.1, 0.15) is 0 Å². The van der Waals surface area contributed by atoms with Gasteiger partial charge in [0.25, 0.3) is 0 Å². The summed E-state index contributed by atoms with van der Waals surface area (Å²) in [6, 6.07) is 2.06. The molecule has 5 heteroatoms. The average Bonchev–Trinajstić information content (AvgIpc) is 2.74. The number of aryl methyl sites for hydroxylation is 1. The van der Waals surface area contributed by atoms with E-state index in [0.717, 1.165) is 30.5 Å². The number of hydrogen-bond donors (Lipinski definition) is 2. The molecule has 112 valence electrons. The monoisotopic (exact) mass is 280 g/mol. The van der Waals surface area contributed by atoms with Crippen LogP contribution in [0.3, 0.4) is 0 Å². The molecule has 1 aliphatic carbocycles. The van der Waals surface area contributed by atoms with Crippen LogP contribution in [0.2, 0.25) is 0 Å². The van der Waals surface area contributed by atoms with Crippen molar-refractivity contribution in [2.24, 2.45) is 0 Å². The van der Waals surface area contributed by atoms with Crippen LogP contribution in [-0.4, -0.2) is 35.8 Å². The van der Waals surface area contributed by atoms with Gasteiger partial charge in [-0.05, 0) is 32.3 Å². The van der Waals surface area contributed by atoms with Crippen molar-refractivity contribution in [1.82, 2.24) is 9.88 Å². The molecule has 2 N–H and O–H groups in total. The maximum atomic E-state index is 11.7. The van der Waals surface area contributed by atoms with Crippen molar-refractivity contribution in [3.63, 3.8) is 0 Å². The molecule has 0 saturated heterocycles. The number of rotatable bonds is 6. The molecule has 2 rings (SSSR count). The molecule has 0 radical (unpaired) electrons. The first-order valence-electron chi connectivity index (χ1n) is 7.26. The minimum atomic E-state index is -0.339. The summed E-state index contributed by atoms with van der Waals surface area (Å²) >= 11 is 0. The van der Waals surface area contributed by atoms with Gasteiger partial charge >= 0.3 is 0 Å². The van der Waals surface area contributed by atoms with E-state index in [1.165, 1.54) is 5.69 Å². The van der Waals surface area contributed by atoms with Gasteiger partial charge in [0.15, 0.2) is 0 Å². The fraction of sp³-hybridized carbons (Fsp3) is 0.667. The summed E-state index contributed by atoms with van der Waals surface area (Å²) in [5.74, 6) is 0.0419. The second kappa shape index (κ2) is 6.90. The summed E-state index contributed by atoms with van der Waals surface area (Å²) in [6.45, 7) is 3.80. The van der Waals surface area contributed by atoms with E-state index >= 15 is 0 Å². The number of ether oxygens (including phenoxy) is 1. The summed E-state index contributed by atoms with van der Waals surface area (Å²) in [7, 11) is 1.62. The van der Waals surface area contributed by atoms with Gasteiger partial charge in [0.05, 0.1) is 12.7 Å². The average molecular weight is 280 g/mol. The Morgan fingerprint density at radius 1 is 1.60 bits per heavy atom. The number of nitrogens with one attached hydrogen (secondary N) is 1. The van der Waals surface area contributed by atoms with Crippen molar-refractivity contribution in [1.29, 1.82) is 0 Å². The molecule has 1 unspecified atom stereocenters. The van der Waals surface area contributed by atoms with E-state index in [0.29, 0.717) is 26.1 Å². The minimum absolute atomic E-state index is 0.0419. The van der Waals surface area contributed by atoms with E-state index in [1.54, 1.807) is 7.11 Å². The van der Waals surface area contributed by atoms with Gasteiger partial charge in [-0.3, -0.25) is 4.79 Å². The summed E-state index contributed by atoms with van der Waals surface area (Å²) in [5.41, 5.74) is 3.38. The lowest BCUT2D eigenvalue weighted by molar-refractivity contribution is -0.121. The third-order valence-electron chi connectivity index (χ3n) is 3.89. The fourth-order valence-electron chi connectivity index (χ4n) is 2.85. The Morgan fingerprint density at radius 2 is 2.40 bits per heavy atom. The number of aliphatic hydroxyl groups is 1. The van der Waals surface area contributed by atoms with Gasteiger partial charge in [-0.15, -0.1) is 0 Å². The Labute approximate surface area is 119 Å². The van der Waals surface area contributed by atoms with Crippen molar-refractivity contribution in [3.05, 3.63) is 23.0 Å². The fourth-order valence-corrected chi connectivity index (χ4v) is 2.85. The SMILES string of the molecule is COCCNC(=O)CCn1c(C)cc2c1CCCC2O. The molecule has 1 amide bonds. The summed E-state index contributed by atoms with van der Waals surface area (Å²) in [4.78, 5) is 11.7. The molecule has 0 fully saturated rings.